The number of nitrogens with zero attached hydrogens (tertiary/aromatic N) is 1. The largest absolute Gasteiger partial charge is 0.465 e. The van der Waals surface area contributed by atoms with Crippen LogP contribution in [0.3, 0.4) is 0 Å². The molecule has 0 aliphatic heterocycles. The summed E-state index contributed by atoms with van der Waals surface area (Å²) in [7, 11) is 1.32. The molecule has 0 bridgehead atoms. The van der Waals surface area contributed by atoms with Crippen molar-refractivity contribution in [1.82, 2.24) is 4.57 Å². The predicted octanol–water partition coefficient (Wildman–Crippen LogP) is 5.75. The number of benzene rings is 2. The summed E-state index contributed by atoms with van der Waals surface area (Å²) < 4.78 is 11.7. The van der Waals surface area contributed by atoms with Gasteiger partial charge in [-0.2, -0.15) is 0 Å². The van der Waals surface area contributed by atoms with E-state index in [1.54, 1.807) is 36.4 Å². The van der Waals surface area contributed by atoms with Gasteiger partial charge in [0.15, 0.2) is 0 Å². The molecule has 190 valence electrons. The number of carbonyl (C=O) groups is 2. The van der Waals surface area contributed by atoms with Crippen LogP contribution < -0.4 is 10.9 Å². The van der Waals surface area contributed by atoms with Gasteiger partial charge in [-0.05, 0) is 69.2 Å². The van der Waals surface area contributed by atoms with Crippen LogP contribution in [0.15, 0.2) is 59.4 Å². The summed E-state index contributed by atoms with van der Waals surface area (Å²) in [5.74, 6) is -0.839. The number of anilines is 1. The van der Waals surface area contributed by atoms with Crippen molar-refractivity contribution in [3.05, 3.63) is 97.4 Å². The minimum Gasteiger partial charge on any atom is -0.465 e. The number of aryl methyl sites for hydroxylation is 1. The van der Waals surface area contributed by atoms with Gasteiger partial charge in [0.2, 0.25) is 0 Å². The second kappa shape index (κ2) is 11.6. The molecule has 1 N–H and O–H groups in total. The van der Waals surface area contributed by atoms with Crippen LogP contribution in [0.4, 0.5) is 5.69 Å². The van der Waals surface area contributed by atoms with Crippen LogP contribution >= 0.6 is 23.2 Å². The second-order valence-corrected chi connectivity index (χ2v) is 9.93. The van der Waals surface area contributed by atoms with E-state index in [9.17, 15) is 14.4 Å². The summed E-state index contributed by atoms with van der Waals surface area (Å²) in [6.07, 6.45) is 0.510. The van der Waals surface area contributed by atoms with Gasteiger partial charge in [0.25, 0.3) is 5.56 Å². The lowest BCUT2D eigenvalue weighted by atomic mass is 10.1. The molecular formula is C27H28Cl2N2O5. The summed E-state index contributed by atoms with van der Waals surface area (Å²) >= 11 is 12.6. The standard InChI is InChI=1S/C27H28Cl2N2O5/c1-27(2,3)36-26(34)18-10-8-17(9-11-18)12-13-31-23(21(28)15-22(29)24(31)32)16-30-20-7-5-6-19(14-20)25(33)35-4/h5-11,14-15,30H,12-13,16H2,1-4H3. The summed E-state index contributed by atoms with van der Waals surface area (Å²) in [5, 5.41) is 3.57. The quantitative estimate of drug-likeness (QED) is 0.373. The Morgan fingerprint density at radius 3 is 2.28 bits per heavy atom. The van der Waals surface area contributed by atoms with Crippen LogP contribution in [0, 0.1) is 0 Å². The molecule has 0 atom stereocenters. The average molecular weight is 531 g/mol. The fourth-order valence-corrected chi connectivity index (χ4v) is 4.04. The molecule has 9 heteroatoms. The number of rotatable bonds is 8. The van der Waals surface area contributed by atoms with E-state index < -0.39 is 17.5 Å². The van der Waals surface area contributed by atoms with Gasteiger partial charge >= 0.3 is 11.9 Å². The molecule has 3 aromatic rings. The lowest BCUT2D eigenvalue weighted by molar-refractivity contribution is 0.00693. The van der Waals surface area contributed by atoms with Gasteiger partial charge in [0, 0.05) is 12.2 Å². The molecular weight excluding hydrogens is 503 g/mol. The zero-order chi connectivity index (χ0) is 26.5. The van der Waals surface area contributed by atoms with Crippen LogP contribution in [0.2, 0.25) is 10.0 Å². The molecule has 2 aromatic carbocycles. The van der Waals surface area contributed by atoms with Crippen LogP contribution in [0.5, 0.6) is 0 Å². The Bertz CT molecular complexity index is 1310. The number of halogens is 2. The van der Waals surface area contributed by atoms with Crippen molar-refractivity contribution in [3.63, 3.8) is 0 Å². The van der Waals surface area contributed by atoms with Gasteiger partial charge in [-0.3, -0.25) is 4.79 Å². The molecule has 1 aromatic heterocycles. The number of hydrogen-bond donors (Lipinski definition) is 1. The molecule has 0 saturated heterocycles. The Labute approximate surface area is 219 Å². The molecule has 0 unspecified atom stereocenters. The van der Waals surface area contributed by atoms with Gasteiger partial charge in [-0.25, -0.2) is 9.59 Å². The number of ether oxygens (including phenoxy) is 2. The van der Waals surface area contributed by atoms with E-state index in [1.165, 1.54) is 17.7 Å². The lowest BCUT2D eigenvalue weighted by Gasteiger charge is -2.19. The molecule has 0 aliphatic rings. The average Bonchev–Trinajstić information content (AvgIpc) is 2.83. The van der Waals surface area contributed by atoms with Gasteiger partial charge in [0.05, 0.1) is 35.5 Å². The maximum Gasteiger partial charge on any atom is 0.338 e. The third-order valence-corrected chi connectivity index (χ3v) is 5.86. The SMILES string of the molecule is COC(=O)c1cccc(NCc2c(Cl)cc(Cl)c(=O)n2CCc2ccc(C(=O)OC(C)(C)C)cc2)c1. The third kappa shape index (κ3) is 7.12. The van der Waals surface area contributed by atoms with Gasteiger partial charge in [-0.1, -0.05) is 41.4 Å². The smallest absolute Gasteiger partial charge is 0.338 e. The Balaban J connectivity index is 1.77. The van der Waals surface area contributed by atoms with Crippen LogP contribution in [-0.2, 0) is 29.0 Å². The van der Waals surface area contributed by atoms with Gasteiger partial charge in [-0.15, -0.1) is 0 Å². The van der Waals surface area contributed by atoms with E-state index >= 15 is 0 Å². The molecule has 36 heavy (non-hydrogen) atoms. The normalized spacial score (nSPS) is 11.2. The zero-order valence-electron chi connectivity index (χ0n) is 20.6. The number of pyridine rings is 1. The highest BCUT2D eigenvalue weighted by atomic mass is 35.5. The lowest BCUT2D eigenvalue weighted by Crippen LogP contribution is -2.26. The number of esters is 2. The third-order valence-electron chi connectivity index (χ3n) is 5.26. The van der Waals surface area contributed by atoms with E-state index in [4.69, 9.17) is 32.7 Å². The minimum absolute atomic E-state index is 0.0247. The fourth-order valence-electron chi connectivity index (χ4n) is 3.50. The number of aromatic nitrogens is 1. The summed E-state index contributed by atoms with van der Waals surface area (Å²) in [5.41, 5.74) is 2.07. The first-order valence-electron chi connectivity index (χ1n) is 11.3. The van der Waals surface area contributed by atoms with Crippen molar-refractivity contribution in [2.24, 2.45) is 0 Å². The number of nitrogens with one attached hydrogen (secondary N) is 1. The molecule has 0 spiro atoms. The highest BCUT2D eigenvalue weighted by Gasteiger charge is 2.18. The molecule has 0 saturated carbocycles. The summed E-state index contributed by atoms with van der Waals surface area (Å²) in [4.78, 5) is 36.9. The van der Waals surface area contributed by atoms with Crippen molar-refractivity contribution in [2.45, 2.75) is 45.9 Å². The Kier molecular flexibility index (Phi) is 8.82. The molecule has 0 radical (unpaired) electrons. The first kappa shape index (κ1) is 27.3. The van der Waals surface area contributed by atoms with Gasteiger partial charge < -0.3 is 19.4 Å². The summed E-state index contributed by atoms with van der Waals surface area (Å²) in [6.45, 7) is 6.00. The minimum atomic E-state index is -0.576. The van der Waals surface area contributed by atoms with Crippen LogP contribution in [0.1, 0.15) is 52.7 Å². The number of methoxy groups -OCH3 is 1. The maximum atomic E-state index is 12.9. The molecule has 3 rings (SSSR count). The highest BCUT2D eigenvalue weighted by molar-refractivity contribution is 6.34. The van der Waals surface area contributed by atoms with Crippen LogP contribution in [-0.4, -0.2) is 29.2 Å². The first-order valence-corrected chi connectivity index (χ1v) is 12.1. The van der Waals surface area contributed by atoms with E-state index in [0.717, 1.165) is 5.56 Å². The summed E-state index contributed by atoms with van der Waals surface area (Å²) in [6, 6.07) is 15.3. The second-order valence-electron chi connectivity index (χ2n) is 9.12. The Hall–Kier alpha value is -3.29. The molecule has 0 amide bonds. The van der Waals surface area contributed by atoms with E-state index in [0.29, 0.717) is 40.5 Å². The van der Waals surface area contributed by atoms with Crippen molar-refractivity contribution in [3.8, 4) is 0 Å². The van der Waals surface area contributed by atoms with Crippen molar-refractivity contribution in [1.29, 1.82) is 0 Å². The van der Waals surface area contributed by atoms with Crippen molar-refractivity contribution >= 4 is 40.8 Å². The molecule has 1 heterocycles. The molecule has 0 fully saturated rings. The molecule has 7 nitrogen and oxygen atoms in total. The van der Waals surface area contributed by atoms with E-state index in [2.05, 4.69) is 5.32 Å². The topological polar surface area (TPSA) is 86.6 Å². The van der Waals surface area contributed by atoms with E-state index in [1.807, 2.05) is 32.9 Å². The fraction of sp³-hybridized carbons (Fsp3) is 0.296. The molecule has 0 aliphatic carbocycles. The first-order chi connectivity index (χ1) is 17.0. The predicted molar refractivity (Wildman–Crippen MR) is 141 cm³/mol. The van der Waals surface area contributed by atoms with Crippen LogP contribution in [0.25, 0.3) is 0 Å². The van der Waals surface area contributed by atoms with Crippen molar-refractivity contribution in [2.75, 3.05) is 12.4 Å². The Morgan fingerprint density at radius 2 is 1.64 bits per heavy atom. The zero-order valence-corrected chi connectivity index (χ0v) is 22.1. The maximum absolute atomic E-state index is 12.9. The number of carbonyl (C=O) groups excluding carboxylic acids is 2. The monoisotopic (exact) mass is 530 g/mol. The Morgan fingerprint density at radius 1 is 0.944 bits per heavy atom. The highest BCUT2D eigenvalue weighted by Crippen LogP contribution is 2.21. The van der Waals surface area contributed by atoms with E-state index in [-0.39, 0.29) is 17.1 Å². The van der Waals surface area contributed by atoms with Gasteiger partial charge in [0.1, 0.15) is 10.6 Å². The number of hydrogen-bond acceptors (Lipinski definition) is 6. The van der Waals surface area contributed by atoms with Crippen molar-refractivity contribution < 1.29 is 19.1 Å².